The molecule has 0 spiro atoms. The van der Waals surface area contributed by atoms with Crippen LogP contribution in [0, 0.1) is 6.92 Å². The molecule has 7 nitrogen and oxygen atoms in total. The zero-order chi connectivity index (χ0) is 23.3. The highest BCUT2D eigenvalue weighted by molar-refractivity contribution is 7.20. The van der Waals surface area contributed by atoms with Gasteiger partial charge in [0.1, 0.15) is 4.83 Å². The van der Waals surface area contributed by atoms with Gasteiger partial charge in [-0.2, -0.15) is 5.10 Å². The maximum Gasteiger partial charge on any atom is 0.264 e. The Morgan fingerprint density at radius 1 is 1.12 bits per heavy atom. The second kappa shape index (κ2) is 10.5. The predicted molar refractivity (Wildman–Crippen MR) is 135 cm³/mol. The number of carbonyl (C=O) groups excluding carboxylic acids is 1. The van der Waals surface area contributed by atoms with Crippen molar-refractivity contribution in [1.82, 2.24) is 24.6 Å². The SMILES string of the molecule is Cc1nn(-c2ccccc2)c2sc(C(=O)N(CCCN3CCOCC3)Cc3ccncc3)cc12. The van der Waals surface area contributed by atoms with Gasteiger partial charge >= 0.3 is 0 Å². The number of rotatable bonds is 8. The van der Waals surface area contributed by atoms with Gasteiger partial charge < -0.3 is 9.64 Å². The Balaban J connectivity index is 1.38. The zero-order valence-corrected chi connectivity index (χ0v) is 20.2. The molecule has 1 aliphatic heterocycles. The lowest BCUT2D eigenvalue weighted by molar-refractivity contribution is 0.0356. The van der Waals surface area contributed by atoms with Gasteiger partial charge in [-0.25, -0.2) is 4.68 Å². The van der Waals surface area contributed by atoms with Crippen molar-refractivity contribution in [3.8, 4) is 5.69 Å². The molecule has 8 heteroatoms. The number of morpholine rings is 1. The summed E-state index contributed by atoms with van der Waals surface area (Å²) in [5.41, 5.74) is 3.02. The lowest BCUT2D eigenvalue weighted by Crippen LogP contribution is -2.39. The molecule has 0 radical (unpaired) electrons. The number of para-hydroxylation sites is 1. The van der Waals surface area contributed by atoms with E-state index in [0.717, 1.165) is 71.3 Å². The molecule has 3 aromatic heterocycles. The van der Waals surface area contributed by atoms with E-state index in [0.29, 0.717) is 13.1 Å². The summed E-state index contributed by atoms with van der Waals surface area (Å²) in [6, 6.07) is 16.0. The van der Waals surface area contributed by atoms with Crippen LogP contribution in [-0.4, -0.2) is 69.9 Å². The Bertz CT molecular complexity index is 1230. The number of fused-ring (bicyclic) bond motifs is 1. The average Bonchev–Trinajstić information content (AvgIpc) is 3.45. The third-order valence-corrected chi connectivity index (χ3v) is 7.27. The molecule has 1 fully saturated rings. The smallest absolute Gasteiger partial charge is 0.264 e. The van der Waals surface area contributed by atoms with Crippen molar-refractivity contribution in [2.75, 3.05) is 39.4 Å². The van der Waals surface area contributed by atoms with Gasteiger partial charge in [-0.15, -0.1) is 11.3 Å². The third kappa shape index (κ3) is 5.04. The van der Waals surface area contributed by atoms with Gasteiger partial charge in [0.25, 0.3) is 5.91 Å². The molecule has 1 amide bonds. The van der Waals surface area contributed by atoms with Crippen LogP contribution in [0.25, 0.3) is 15.9 Å². The lowest BCUT2D eigenvalue weighted by Gasteiger charge is -2.28. The molecule has 0 saturated carbocycles. The van der Waals surface area contributed by atoms with Crippen LogP contribution < -0.4 is 0 Å². The van der Waals surface area contributed by atoms with E-state index in [1.807, 2.05) is 65.0 Å². The van der Waals surface area contributed by atoms with E-state index in [1.165, 1.54) is 11.3 Å². The largest absolute Gasteiger partial charge is 0.379 e. The number of hydrogen-bond donors (Lipinski definition) is 0. The fourth-order valence-electron chi connectivity index (χ4n) is 4.32. The van der Waals surface area contributed by atoms with Crippen LogP contribution in [0.2, 0.25) is 0 Å². The van der Waals surface area contributed by atoms with E-state index in [-0.39, 0.29) is 5.91 Å². The number of pyridine rings is 1. The summed E-state index contributed by atoms with van der Waals surface area (Å²) in [7, 11) is 0. The molecular formula is C26H29N5O2S. The second-order valence-corrected chi connectivity index (χ2v) is 9.58. The van der Waals surface area contributed by atoms with Crippen molar-refractivity contribution in [3.05, 3.63) is 77.1 Å². The third-order valence-electron chi connectivity index (χ3n) is 6.17. The summed E-state index contributed by atoms with van der Waals surface area (Å²) >= 11 is 1.52. The maximum atomic E-state index is 13.7. The number of aryl methyl sites for hydroxylation is 1. The van der Waals surface area contributed by atoms with Gasteiger partial charge in [-0.3, -0.25) is 14.7 Å². The van der Waals surface area contributed by atoms with Crippen LogP contribution in [0.15, 0.2) is 60.9 Å². The van der Waals surface area contributed by atoms with Gasteiger partial charge in [0, 0.05) is 50.5 Å². The van der Waals surface area contributed by atoms with Gasteiger partial charge in [0.05, 0.1) is 29.5 Å². The number of benzene rings is 1. The number of nitrogens with zero attached hydrogens (tertiary/aromatic N) is 5. The summed E-state index contributed by atoms with van der Waals surface area (Å²) in [6.45, 7) is 7.75. The summed E-state index contributed by atoms with van der Waals surface area (Å²) in [5, 5.41) is 5.75. The van der Waals surface area contributed by atoms with Crippen LogP contribution in [0.4, 0.5) is 0 Å². The van der Waals surface area contributed by atoms with Crippen LogP contribution >= 0.6 is 11.3 Å². The van der Waals surface area contributed by atoms with Crippen molar-refractivity contribution in [2.45, 2.75) is 19.9 Å². The van der Waals surface area contributed by atoms with Crippen LogP contribution in [0.1, 0.15) is 27.3 Å². The number of amides is 1. The van der Waals surface area contributed by atoms with E-state index >= 15 is 0 Å². The highest BCUT2D eigenvalue weighted by Gasteiger charge is 2.22. The minimum atomic E-state index is 0.0685. The topological polar surface area (TPSA) is 63.5 Å². The first-order valence-corrected chi connectivity index (χ1v) is 12.5. The molecular weight excluding hydrogens is 446 g/mol. The van der Waals surface area contributed by atoms with E-state index in [4.69, 9.17) is 9.84 Å². The van der Waals surface area contributed by atoms with E-state index in [2.05, 4.69) is 9.88 Å². The fraction of sp³-hybridized carbons (Fsp3) is 0.346. The Labute approximate surface area is 203 Å². The number of hydrogen-bond acceptors (Lipinski definition) is 6. The Morgan fingerprint density at radius 2 is 1.88 bits per heavy atom. The zero-order valence-electron chi connectivity index (χ0n) is 19.4. The molecule has 176 valence electrons. The van der Waals surface area contributed by atoms with Crippen molar-refractivity contribution in [2.24, 2.45) is 0 Å². The van der Waals surface area contributed by atoms with Gasteiger partial charge in [-0.05, 0) is 49.2 Å². The Hall–Kier alpha value is -3.07. The van der Waals surface area contributed by atoms with Gasteiger partial charge in [-0.1, -0.05) is 18.2 Å². The lowest BCUT2D eigenvalue weighted by atomic mass is 10.2. The quantitative estimate of drug-likeness (QED) is 0.383. The number of aromatic nitrogens is 3. The molecule has 4 heterocycles. The molecule has 0 unspecified atom stereocenters. The van der Waals surface area contributed by atoms with Crippen molar-refractivity contribution in [3.63, 3.8) is 0 Å². The molecule has 1 aliphatic rings. The van der Waals surface area contributed by atoms with E-state index in [1.54, 1.807) is 12.4 Å². The number of thiophene rings is 1. The highest BCUT2D eigenvalue weighted by Crippen LogP contribution is 2.31. The predicted octanol–water partition coefficient (Wildman–Crippen LogP) is 4.16. The molecule has 5 rings (SSSR count). The minimum Gasteiger partial charge on any atom is -0.379 e. The molecule has 0 atom stereocenters. The van der Waals surface area contributed by atoms with E-state index < -0.39 is 0 Å². The van der Waals surface area contributed by atoms with Crippen LogP contribution in [-0.2, 0) is 11.3 Å². The fourth-order valence-corrected chi connectivity index (χ4v) is 5.47. The Kier molecular flexibility index (Phi) is 6.99. The van der Waals surface area contributed by atoms with Crippen molar-refractivity contribution >= 4 is 27.5 Å². The molecule has 34 heavy (non-hydrogen) atoms. The highest BCUT2D eigenvalue weighted by atomic mass is 32.1. The minimum absolute atomic E-state index is 0.0685. The maximum absolute atomic E-state index is 13.7. The Morgan fingerprint density at radius 3 is 2.65 bits per heavy atom. The first-order valence-electron chi connectivity index (χ1n) is 11.7. The van der Waals surface area contributed by atoms with Gasteiger partial charge in [0.15, 0.2) is 0 Å². The summed E-state index contributed by atoms with van der Waals surface area (Å²) in [4.78, 5) is 24.0. The van der Waals surface area contributed by atoms with Gasteiger partial charge in [0.2, 0.25) is 0 Å². The molecule has 1 aromatic carbocycles. The van der Waals surface area contributed by atoms with E-state index in [9.17, 15) is 4.79 Å². The molecule has 0 bridgehead atoms. The normalized spacial score (nSPS) is 14.5. The summed E-state index contributed by atoms with van der Waals surface area (Å²) in [5.74, 6) is 0.0685. The molecule has 0 N–H and O–H groups in total. The van der Waals surface area contributed by atoms with Crippen LogP contribution in [0.3, 0.4) is 0 Å². The molecule has 4 aromatic rings. The monoisotopic (exact) mass is 475 g/mol. The molecule has 1 saturated heterocycles. The first-order chi connectivity index (χ1) is 16.7. The number of ether oxygens (including phenoxy) is 1. The second-order valence-electron chi connectivity index (χ2n) is 8.55. The summed E-state index contributed by atoms with van der Waals surface area (Å²) in [6.07, 6.45) is 4.49. The van der Waals surface area contributed by atoms with Crippen LogP contribution in [0.5, 0.6) is 0 Å². The first kappa shape index (κ1) is 22.7. The van der Waals surface area contributed by atoms with Crippen molar-refractivity contribution in [1.29, 1.82) is 0 Å². The standard InChI is InChI=1S/C26H29N5O2S/c1-20-23-18-24(34-26(23)31(28-20)22-6-3-2-4-7-22)25(32)30(19-21-8-10-27-11-9-21)13-5-12-29-14-16-33-17-15-29/h2-4,6-11,18H,5,12-17,19H2,1H3. The number of carbonyl (C=O) groups is 1. The summed E-state index contributed by atoms with van der Waals surface area (Å²) < 4.78 is 7.40. The van der Waals surface area contributed by atoms with Crippen molar-refractivity contribution < 1.29 is 9.53 Å². The molecule has 0 aliphatic carbocycles. The average molecular weight is 476 g/mol.